The largest absolute Gasteiger partial charge is 0.490 e. The van der Waals surface area contributed by atoms with E-state index in [0.29, 0.717) is 38.4 Å². The minimum atomic E-state index is -2.17. The molecule has 1 amide bonds. The average Bonchev–Trinajstić information content (AvgIpc) is 3.13. The van der Waals surface area contributed by atoms with Crippen LogP contribution < -0.4 is 9.64 Å². The number of halogens is 1. The first kappa shape index (κ1) is 30.0. The number of benzene rings is 2. The summed E-state index contributed by atoms with van der Waals surface area (Å²) in [5, 5.41) is 23.7. The Hall–Kier alpha value is -3.07. The van der Waals surface area contributed by atoms with Crippen molar-refractivity contribution in [2.45, 2.75) is 62.1 Å². The summed E-state index contributed by atoms with van der Waals surface area (Å²) in [6.07, 6.45) is 8.19. The van der Waals surface area contributed by atoms with Gasteiger partial charge in [0.2, 0.25) is 5.91 Å². The number of anilines is 1. The fraction of sp³-hybridized carbons (Fsp3) is 0.529. The van der Waals surface area contributed by atoms with Gasteiger partial charge < -0.3 is 29.5 Å². The number of rotatable bonds is 1. The Kier molecular flexibility index (Phi) is 8.22. The van der Waals surface area contributed by atoms with Gasteiger partial charge in [0, 0.05) is 37.1 Å². The van der Waals surface area contributed by atoms with Crippen LogP contribution >= 0.6 is 11.6 Å². The molecule has 2 heterocycles. The van der Waals surface area contributed by atoms with Gasteiger partial charge in [-0.15, -0.1) is 0 Å². The summed E-state index contributed by atoms with van der Waals surface area (Å²) < 4.78 is 11.6. The fourth-order valence-corrected chi connectivity index (χ4v) is 7.71. The van der Waals surface area contributed by atoms with E-state index in [-0.39, 0.29) is 28.7 Å². The summed E-state index contributed by atoms with van der Waals surface area (Å²) in [6, 6.07) is 11.4. The number of aryl methyl sites for hydroxylation is 1. The SMILES string of the molecule is COC(=O)[C@@]1(O)CC(=O)N(C)CC/C=C/C(O)[C@@H]2CC[C@H]2CN2C[C@@]3(CCCc4cc(Cl)ccc43)COc3ccc1cc32. The molecule has 230 valence electrons. The van der Waals surface area contributed by atoms with Crippen LogP contribution in [-0.2, 0) is 31.8 Å². The highest BCUT2D eigenvalue weighted by Gasteiger charge is 2.46. The molecule has 6 rings (SSSR count). The maximum atomic E-state index is 13.2. The summed E-state index contributed by atoms with van der Waals surface area (Å²) >= 11 is 6.40. The summed E-state index contributed by atoms with van der Waals surface area (Å²) in [5.74, 6) is -0.216. The highest BCUT2D eigenvalue weighted by Crippen LogP contribution is 2.47. The van der Waals surface area contributed by atoms with Gasteiger partial charge in [-0.05, 0) is 91.3 Å². The second kappa shape index (κ2) is 11.8. The number of carbonyl (C=O) groups excluding carboxylic acids is 2. The van der Waals surface area contributed by atoms with Crippen LogP contribution in [0.1, 0.15) is 55.2 Å². The quantitative estimate of drug-likeness (QED) is 0.366. The van der Waals surface area contributed by atoms with Crippen molar-refractivity contribution >= 4 is 29.2 Å². The molecule has 0 aromatic heterocycles. The Morgan fingerprint density at radius 2 is 2.02 bits per heavy atom. The van der Waals surface area contributed by atoms with Crippen molar-refractivity contribution in [1.29, 1.82) is 0 Å². The summed E-state index contributed by atoms with van der Waals surface area (Å²) in [6.45, 7) is 2.24. The number of methoxy groups -OCH3 is 1. The molecule has 1 saturated carbocycles. The van der Waals surface area contributed by atoms with Gasteiger partial charge >= 0.3 is 5.97 Å². The highest BCUT2D eigenvalue weighted by atomic mass is 35.5. The van der Waals surface area contributed by atoms with Gasteiger partial charge in [0.25, 0.3) is 0 Å². The van der Waals surface area contributed by atoms with E-state index in [1.165, 1.54) is 23.1 Å². The number of carbonyl (C=O) groups is 2. The zero-order valence-corrected chi connectivity index (χ0v) is 25.7. The predicted molar refractivity (Wildman–Crippen MR) is 164 cm³/mol. The number of fused-ring (bicyclic) bond motifs is 4. The third-order valence-corrected chi connectivity index (χ3v) is 10.4. The average molecular weight is 609 g/mol. The van der Waals surface area contributed by atoms with Gasteiger partial charge in [0.15, 0.2) is 5.60 Å². The minimum Gasteiger partial charge on any atom is -0.490 e. The second-order valence-electron chi connectivity index (χ2n) is 12.8. The predicted octanol–water partition coefficient (Wildman–Crippen LogP) is 4.37. The summed E-state index contributed by atoms with van der Waals surface area (Å²) in [5.41, 5.74) is 1.09. The third-order valence-electron chi connectivity index (χ3n) is 10.2. The normalized spacial score (nSPS) is 31.7. The monoisotopic (exact) mass is 608 g/mol. The maximum Gasteiger partial charge on any atom is 0.343 e. The van der Waals surface area contributed by atoms with Crippen LogP contribution in [0.5, 0.6) is 5.75 Å². The Morgan fingerprint density at radius 3 is 2.79 bits per heavy atom. The van der Waals surface area contributed by atoms with Crippen LogP contribution in [0.25, 0.3) is 0 Å². The number of aliphatic hydroxyl groups excluding tert-OH is 1. The van der Waals surface area contributed by atoms with Crippen LogP contribution in [0, 0.1) is 11.8 Å². The molecule has 2 aliphatic carbocycles. The number of esters is 1. The first-order valence-electron chi connectivity index (χ1n) is 15.3. The second-order valence-corrected chi connectivity index (χ2v) is 13.3. The lowest BCUT2D eigenvalue weighted by atomic mass is 9.68. The molecule has 4 aliphatic rings. The Bertz CT molecular complexity index is 1430. The first-order valence-corrected chi connectivity index (χ1v) is 15.7. The third kappa shape index (κ3) is 5.54. The lowest BCUT2D eigenvalue weighted by molar-refractivity contribution is -0.168. The zero-order chi connectivity index (χ0) is 30.4. The first-order chi connectivity index (χ1) is 20.6. The molecule has 0 radical (unpaired) electrons. The lowest BCUT2D eigenvalue weighted by Gasteiger charge is -2.45. The summed E-state index contributed by atoms with van der Waals surface area (Å²) in [7, 11) is 2.87. The molecule has 1 spiro atoms. The molecule has 43 heavy (non-hydrogen) atoms. The molecule has 2 aromatic rings. The Labute approximate surface area is 258 Å². The van der Waals surface area contributed by atoms with E-state index in [0.717, 1.165) is 42.8 Å². The van der Waals surface area contributed by atoms with Crippen molar-refractivity contribution in [3.8, 4) is 5.75 Å². The molecule has 1 fully saturated rings. The van der Waals surface area contributed by atoms with E-state index in [4.69, 9.17) is 21.1 Å². The van der Waals surface area contributed by atoms with Crippen LogP contribution in [0.3, 0.4) is 0 Å². The van der Waals surface area contributed by atoms with Gasteiger partial charge in [-0.2, -0.15) is 0 Å². The molecule has 9 heteroatoms. The van der Waals surface area contributed by atoms with Gasteiger partial charge in [-0.25, -0.2) is 4.79 Å². The fourth-order valence-electron chi connectivity index (χ4n) is 7.51. The van der Waals surface area contributed by atoms with E-state index >= 15 is 0 Å². The van der Waals surface area contributed by atoms with E-state index in [9.17, 15) is 19.8 Å². The standard InChI is InChI=1S/C34H41ClN2O6/c1-36-15-4-3-7-29(38)26-11-8-23(26)19-37-20-33(14-5-6-22-16-25(35)10-12-27(22)33)21-43-30-13-9-24(17-28(30)37)34(41,18-31(36)39)32(40)42-2/h3,7,9-10,12-13,16-17,23,26,29,38,41H,4-6,8,11,14-15,18-21H2,1-2H3/b7-3+/t23-,26+,29?,33-,34+/m0/s1. The van der Waals surface area contributed by atoms with Crippen molar-refractivity contribution in [3.05, 3.63) is 70.3 Å². The molecule has 2 aliphatic heterocycles. The Balaban J connectivity index is 1.46. The molecular weight excluding hydrogens is 568 g/mol. The van der Waals surface area contributed by atoms with E-state index in [2.05, 4.69) is 17.0 Å². The molecule has 2 bridgehead atoms. The van der Waals surface area contributed by atoms with Crippen molar-refractivity contribution in [3.63, 3.8) is 0 Å². The Morgan fingerprint density at radius 1 is 1.19 bits per heavy atom. The number of aliphatic hydroxyl groups is 2. The summed E-state index contributed by atoms with van der Waals surface area (Å²) in [4.78, 5) is 30.2. The van der Waals surface area contributed by atoms with E-state index < -0.39 is 24.1 Å². The van der Waals surface area contributed by atoms with Crippen LogP contribution in [0.15, 0.2) is 48.6 Å². The van der Waals surface area contributed by atoms with Crippen LogP contribution in [0.4, 0.5) is 5.69 Å². The zero-order valence-electron chi connectivity index (χ0n) is 24.9. The topological polar surface area (TPSA) is 99.5 Å². The number of amides is 1. The maximum absolute atomic E-state index is 13.2. The van der Waals surface area contributed by atoms with Crippen molar-refractivity contribution in [1.82, 2.24) is 4.90 Å². The van der Waals surface area contributed by atoms with Crippen molar-refractivity contribution < 1.29 is 29.3 Å². The minimum absolute atomic E-state index is 0.125. The van der Waals surface area contributed by atoms with Crippen molar-refractivity contribution in [2.24, 2.45) is 11.8 Å². The van der Waals surface area contributed by atoms with Gasteiger partial charge in [0.1, 0.15) is 5.75 Å². The van der Waals surface area contributed by atoms with Crippen LogP contribution in [-0.4, -0.2) is 73.5 Å². The number of nitrogens with zero attached hydrogens (tertiary/aromatic N) is 2. The number of ether oxygens (including phenoxy) is 2. The molecule has 8 nitrogen and oxygen atoms in total. The van der Waals surface area contributed by atoms with E-state index in [1.807, 2.05) is 18.2 Å². The molecule has 2 N–H and O–H groups in total. The molecular formula is C34H41ClN2O6. The van der Waals surface area contributed by atoms with Crippen LogP contribution in [0.2, 0.25) is 5.02 Å². The number of hydrogen-bond acceptors (Lipinski definition) is 7. The smallest absolute Gasteiger partial charge is 0.343 e. The molecule has 0 saturated heterocycles. The highest BCUT2D eigenvalue weighted by molar-refractivity contribution is 6.30. The molecule has 2 aromatic carbocycles. The molecule has 5 atom stereocenters. The van der Waals surface area contributed by atoms with Gasteiger partial charge in [-0.1, -0.05) is 35.9 Å². The van der Waals surface area contributed by atoms with E-state index in [1.54, 1.807) is 25.2 Å². The lowest BCUT2D eigenvalue weighted by Crippen LogP contribution is -2.49. The van der Waals surface area contributed by atoms with Gasteiger partial charge in [-0.3, -0.25) is 4.79 Å². The number of hydrogen-bond donors (Lipinski definition) is 2. The van der Waals surface area contributed by atoms with Crippen molar-refractivity contribution in [2.75, 3.05) is 45.3 Å². The molecule has 1 unspecified atom stereocenters. The van der Waals surface area contributed by atoms with Gasteiger partial charge in [0.05, 0.1) is 31.9 Å².